The molecule has 25 heavy (non-hydrogen) atoms. The van der Waals surface area contributed by atoms with Crippen molar-refractivity contribution in [2.24, 2.45) is 0 Å². The number of hydrogen-bond acceptors (Lipinski definition) is 3. The zero-order valence-electron chi connectivity index (χ0n) is 14.4. The van der Waals surface area contributed by atoms with E-state index in [1.807, 2.05) is 24.3 Å². The molecular formula is C20H23N3OS. The number of nitrogens with one attached hydrogen (secondary N) is 1. The summed E-state index contributed by atoms with van der Waals surface area (Å²) >= 11 is 1.54. The van der Waals surface area contributed by atoms with Crippen molar-refractivity contribution in [3.63, 3.8) is 0 Å². The highest BCUT2D eigenvalue weighted by Crippen LogP contribution is 2.26. The van der Waals surface area contributed by atoms with Crippen LogP contribution in [0.15, 0.2) is 48.7 Å². The summed E-state index contributed by atoms with van der Waals surface area (Å²) in [7, 11) is 0. The van der Waals surface area contributed by atoms with Crippen LogP contribution in [0, 0.1) is 0 Å². The van der Waals surface area contributed by atoms with Crippen LogP contribution in [-0.2, 0) is 0 Å². The van der Waals surface area contributed by atoms with Crippen molar-refractivity contribution in [3.05, 3.63) is 53.5 Å². The van der Waals surface area contributed by atoms with Gasteiger partial charge in [-0.3, -0.25) is 9.69 Å². The van der Waals surface area contributed by atoms with Gasteiger partial charge in [0.1, 0.15) is 5.00 Å². The van der Waals surface area contributed by atoms with Gasteiger partial charge in [-0.2, -0.15) is 0 Å². The molecule has 3 aromatic rings. The van der Waals surface area contributed by atoms with Crippen molar-refractivity contribution in [1.29, 1.82) is 0 Å². The van der Waals surface area contributed by atoms with Gasteiger partial charge < -0.3 is 9.88 Å². The van der Waals surface area contributed by atoms with E-state index in [1.165, 1.54) is 35.1 Å². The molecule has 1 saturated heterocycles. The fourth-order valence-corrected chi connectivity index (χ4v) is 4.61. The standard InChI is InChI=1S/C20H23N3OS/c1-2-22-12-5-7-16(22)14-21-20(24)18-9-10-19(25-18)23-13-11-15-6-3-4-8-17(15)23/h3-4,6,8-11,13,16H,2,5,7,12,14H2,1H3,(H,21,24)/t16-/m0/s1. The monoisotopic (exact) mass is 353 g/mol. The van der Waals surface area contributed by atoms with Gasteiger partial charge in [0.25, 0.3) is 5.91 Å². The summed E-state index contributed by atoms with van der Waals surface area (Å²) in [5.74, 6) is 0.0377. The molecular weight excluding hydrogens is 330 g/mol. The molecule has 1 atom stereocenters. The second kappa shape index (κ2) is 7.02. The first kappa shape index (κ1) is 16.4. The van der Waals surface area contributed by atoms with Crippen LogP contribution in [-0.4, -0.2) is 41.1 Å². The molecule has 4 rings (SSSR count). The first-order valence-electron chi connectivity index (χ1n) is 8.95. The van der Waals surface area contributed by atoms with Crippen LogP contribution in [0.4, 0.5) is 0 Å². The molecule has 2 aromatic heterocycles. The van der Waals surface area contributed by atoms with Gasteiger partial charge in [0, 0.05) is 18.8 Å². The Morgan fingerprint density at radius 3 is 3.00 bits per heavy atom. The number of nitrogens with zero attached hydrogens (tertiary/aromatic N) is 2. The highest BCUT2D eigenvalue weighted by Gasteiger charge is 2.23. The van der Waals surface area contributed by atoms with Crippen LogP contribution in [0.5, 0.6) is 0 Å². The van der Waals surface area contributed by atoms with Crippen LogP contribution in [0.1, 0.15) is 29.4 Å². The Labute approximate surface area is 152 Å². The number of carbonyl (C=O) groups excluding carboxylic acids is 1. The van der Waals surface area contributed by atoms with Gasteiger partial charge in [-0.1, -0.05) is 25.1 Å². The highest BCUT2D eigenvalue weighted by atomic mass is 32.1. The molecule has 1 fully saturated rings. The molecule has 3 heterocycles. The lowest BCUT2D eigenvalue weighted by Crippen LogP contribution is -2.39. The number of hydrogen-bond donors (Lipinski definition) is 1. The van der Waals surface area contributed by atoms with Crippen molar-refractivity contribution < 1.29 is 4.79 Å². The summed E-state index contributed by atoms with van der Waals surface area (Å²) in [4.78, 5) is 15.7. The lowest BCUT2D eigenvalue weighted by Gasteiger charge is -2.22. The van der Waals surface area contributed by atoms with E-state index in [9.17, 15) is 4.79 Å². The summed E-state index contributed by atoms with van der Waals surface area (Å²) in [6, 6.07) is 14.8. The molecule has 1 aliphatic heterocycles. The normalized spacial score (nSPS) is 18.0. The maximum atomic E-state index is 12.5. The zero-order valence-corrected chi connectivity index (χ0v) is 15.3. The molecule has 0 spiro atoms. The molecule has 0 saturated carbocycles. The Morgan fingerprint density at radius 2 is 2.12 bits per heavy atom. The Bertz CT molecular complexity index is 882. The first-order valence-corrected chi connectivity index (χ1v) is 9.76. The van der Waals surface area contributed by atoms with Gasteiger partial charge >= 0.3 is 0 Å². The predicted molar refractivity (Wildman–Crippen MR) is 104 cm³/mol. The maximum absolute atomic E-state index is 12.5. The third-order valence-electron chi connectivity index (χ3n) is 5.06. The number of aromatic nitrogens is 1. The summed E-state index contributed by atoms with van der Waals surface area (Å²) in [6.07, 6.45) is 4.48. The third kappa shape index (κ3) is 3.22. The average Bonchev–Trinajstić information content (AvgIpc) is 3.37. The molecule has 0 unspecified atom stereocenters. The fraction of sp³-hybridized carbons (Fsp3) is 0.350. The SMILES string of the molecule is CCN1CCC[C@H]1CNC(=O)c1ccc(-n2ccc3ccccc32)s1. The smallest absolute Gasteiger partial charge is 0.261 e. The first-order chi connectivity index (χ1) is 12.3. The van der Waals surface area contributed by atoms with Crippen LogP contribution in [0.3, 0.4) is 0 Å². The molecule has 0 radical (unpaired) electrons. The Kier molecular flexibility index (Phi) is 4.59. The number of rotatable bonds is 5. The molecule has 1 aliphatic rings. The predicted octanol–water partition coefficient (Wildman–Crippen LogP) is 3.91. The van der Waals surface area contributed by atoms with Crippen LogP contribution in [0.25, 0.3) is 15.9 Å². The number of likely N-dealkylation sites (tertiary alicyclic amines) is 1. The Balaban J connectivity index is 1.46. The average molecular weight is 353 g/mol. The zero-order chi connectivity index (χ0) is 17.2. The van der Waals surface area contributed by atoms with Crippen LogP contribution in [0.2, 0.25) is 0 Å². The Morgan fingerprint density at radius 1 is 1.24 bits per heavy atom. The molecule has 1 aromatic carbocycles. The quantitative estimate of drug-likeness (QED) is 0.755. The summed E-state index contributed by atoms with van der Waals surface area (Å²) < 4.78 is 2.15. The highest BCUT2D eigenvalue weighted by molar-refractivity contribution is 7.16. The summed E-state index contributed by atoms with van der Waals surface area (Å²) in [6.45, 7) is 5.14. The number of fused-ring (bicyclic) bond motifs is 1. The molecule has 5 heteroatoms. The number of thiophene rings is 1. The minimum Gasteiger partial charge on any atom is -0.350 e. The van der Waals surface area contributed by atoms with Gasteiger partial charge in [0.05, 0.1) is 10.4 Å². The van der Waals surface area contributed by atoms with E-state index in [1.54, 1.807) is 0 Å². The van der Waals surface area contributed by atoms with Crippen LogP contribution >= 0.6 is 11.3 Å². The van der Waals surface area contributed by atoms with Gasteiger partial charge in [0.2, 0.25) is 0 Å². The lowest BCUT2D eigenvalue weighted by molar-refractivity contribution is 0.0945. The number of carbonyl (C=O) groups is 1. The van der Waals surface area contributed by atoms with E-state index < -0.39 is 0 Å². The fourth-order valence-electron chi connectivity index (χ4n) is 3.69. The van der Waals surface area contributed by atoms with Crippen molar-refractivity contribution in [3.8, 4) is 5.00 Å². The Hall–Kier alpha value is -2.11. The van der Waals surface area contributed by atoms with Crippen molar-refractivity contribution in [1.82, 2.24) is 14.8 Å². The van der Waals surface area contributed by atoms with Gasteiger partial charge in [0.15, 0.2) is 0 Å². The van der Waals surface area contributed by atoms with E-state index >= 15 is 0 Å². The van der Waals surface area contributed by atoms with Crippen molar-refractivity contribution >= 4 is 28.1 Å². The van der Waals surface area contributed by atoms with Crippen molar-refractivity contribution in [2.75, 3.05) is 19.6 Å². The minimum absolute atomic E-state index is 0.0377. The number of likely N-dealkylation sites (N-methyl/N-ethyl adjacent to an activating group) is 1. The summed E-state index contributed by atoms with van der Waals surface area (Å²) in [5.41, 5.74) is 1.17. The van der Waals surface area contributed by atoms with E-state index in [0.717, 1.165) is 29.5 Å². The van der Waals surface area contributed by atoms with Gasteiger partial charge in [-0.05, 0) is 55.6 Å². The van der Waals surface area contributed by atoms with E-state index in [2.05, 4.69) is 46.1 Å². The molecule has 0 aliphatic carbocycles. The third-order valence-corrected chi connectivity index (χ3v) is 6.14. The largest absolute Gasteiger partial charge is 0.350 e. The van der Waals surface area contributed by atoms with Crippen molar-refractivity contribution in [2.45, 2.75) is 25.8 Å². The topological polar surface area (TPSA) is 37.3 Å². The second-order valence-corrected chi connectivity index (χ2v) is 7.58. The maximum Gasteiger partial charge on any atom is 0.261 e. The van der Waals surface area contributed by atoms with Crippen LogP contribution < -0.4 is 5.32 Å². The molecule has 1 amide bonds. The molecule has 4 nitrogen and oxygen atoms in total. The minimum atomic E-state index is 0.0377. The second-order valence-electron chi connectivity index (χ2n) is 6.52. The number of amides is 1. The number of para-hydroxylation sites is 1. The van der Waals surface area contributed by atoms with E-state index in [-0.39, 0.29) is 5.91 Å². The van der Waals surface area contributed by atoms with E-state index in [4.69, 9.17) is 0 Å². The number of benzene rings is 1. The summed E-state index contributed by atoms with van der Waals surface area (Å²) in [5, 5.41) is 5.40. The van der Waals surface area contributed by atoms with E-state index in [0.29, 0.717) is 6.04 Å². The lowest BCUT2D eigenvalue weighted by atomic mass is 10.2. The molecule has 0 bridgehead atoms. The van der Waals surface area contributed by atoms with Gasteiger partial charge in [-0.25, -0.2) is 0 Å². The molecule has 130 valence electrons. The molecule has 1 N–H and O–H groups in total. The van der Waals surface area contributed by atoms with Gasteiger partial charge in [-0.15, -0.1) is 11.3 Å².